The highest BCUT2D eigenvalue weighted by atomic mass is 32.1. The van der Waals surface area contributed by atoms with Crippen LogP contribution in [0.1, 0.15) is 29.8 Å². The van der Waals surface area contributed by atoms with Gasteiger partial charge in [0.05, 0.1) is 12.2 Å². The smallest absolute Gasteiger partial charge is 0.317 e. The molecule has 3 rings (SSSR count). The van der Waals surface area contributed by atoms with E-state index in [0.29, 0.717) is 17.7 Å². The normalized spacial score (nSPS) is 19.6. The van der Waals surface area contributed by atoms with Crippen LogP contribution >= 0.6 is 11.3 Å². The van der Waals surface area contributed by atoms with Crippen LogP contribution in [0.4, 0.5) is 9.93 Å². The minimum Gasteiger partial charge on any atom is -0.375 e. The Morgan fingerprint density at radius 3 is 3.06 bits per heavy atom. The van der Waals surface area contributed by atoms with Gasteiger partial charge >= 0.3 is 6.03 Å². The first-order chi connectivity index (χ1) is 8.22. The molecule has 1 aliphatic carbocycles. The minimum atomic E-state index is 0.0623. The first kappa shape index (κ1) is 10.8. The van der Waals surface area contributed by atoms with Gasteiger partial charge in [0.25, 0.3) is 0 Å². The molecule has 0 aromatic carbocycles. The van der Waals surface area contributed by atoms with E-state index in [-0.39, 0.29) is 6.03 Å². The lowest BCUT2D eigenvalue weighted by Crippen LogP contribution is -2.48. The number of amides is 2. The average molecular weight is 252 g/mol. The first-order valence-electron chi connectivity index (χ1n) is 6.02. The highest BCUT2D eigenvalue weighted by molar-refractivity contribution is 7.15. The lowest BCUT2D eigenvalue weighted by Gasteiger charge is -2.32. The summed E-state index contributed by atoms with van der Waals surface area (Å²) in [6.45, 7) is 1.40. The van der Waals surface area contributed by atoms with Gasteiger partial charge in [-0.3, -0.25) is 0 Å². The van der Waals surface area contributed by atoms with Crippen LogP contribution in [-0.2, 0) is 13.0 Å². The molecule has 2 aliphatic rings. The molecule has 3 N–H and O–H groups in total. The van der Waals surface area contributed by atoms with Gasteiger partial charge < -0.3 is 16.0 Å². The number of aromatic nitrogens is 1. The second-order valence-electron chi connectivity index (χ2n) is 4.67. The molecule has 2 heterocycles. The third kappa shape index (κ3) is 2.09. The zero-order valence-corrected chi connectivity index (χ0v) is 10.4. The summed E-state index contributed by atoms with van der Waals surface area (Å²) in [4.78, 5) is 19.3. The second kappa shape index (κ2) is 4.18. The van der Waals surface area contributed by atoms with Gasteiger partial charge in [-0.1, -0.05) is 0 Å². The maximum Gasteiger partial charge on any atom is 0.317 e. The molecule has 6 heteroatoms. The maximum absolute atomic E-state index is 12.0. The molecule has 1 aromatic rings. The predicted octanol–water partition coefficient (Wildman–Crippen LogP) is 1.35. The van der Waals surface area contributed by atoms with Crippen molar-refractivity contribution in [1.82, 2.24) is 15.2 Å². The number of anilines is 1. The Morgan fingerprint density at radius 2 is 2.35 bits per heavy atom. The molecule has 17 heavy (non-hydrogen) atoms. The summed E-state index contributed by atoms with van der Waals surface area (Å²) < 4.78 is 0. The molecule has 1 aliphatic heterocycles. The Bertz CT molecular complexity index is 441. The zero-order valence-electron chi connectivity index (χ0n) is 9.61. The largest absolute Gasteiger partial charge is 0.375 e. The maximum atomic E-state index is 12.0. The summed E-state index contributed by atoms with van der Waals surface area (Å²) in [7, 11) is 0. The van der Waals surface area contributed by atoms with Gasteiger partial charge in [0.1, 0.15) is 0 Å². The molecule has 2 amide bonds. The van der Waals surface area contributed by atoms with Gasteiger partial charge in [-0.25, -0.2) is 9.78 Å². The van der Waals surface area contributed by atoms with E-state index >= 15 is 0 Å². The summed E-state index contributed by atoms with van der Waals surface area (Å²) in [5.41, 5.74) is 6.75. The highest BCUT2D eigenvalue weighted by Gasteiger charge is 2.26. The summed E-state index contributed by atoms with van der Waals surface area (Å²) in [5.74, 6) is 0. The van der Waals surface area contributed by atoms with E-state index < -0.39 is 0 Å². The van der Waals surface area contributed by atoms with Crippen molar-refractivity contribution in [3.63, 3.8) is 0 Å². The molecule has 0 radical (unpaired) electrons. The number of fused-ring (bicyclic) bond motifs is 1. The summed E-state index contributed by atoms with van der Waals surface area (Å²) in [6.07, 6.45) is 4.30. The summed E-state index contributed by atoms with van der Waals surface area (Å²) in [6, 6.07) is 0.461. The SMILES string of the molecule is Nc1nc2c(s1)CN(C(=O)NC1CCC1)CC2. The number of carbonyl (C=O) groups is 1. The van der Waals surface area contributed by atoms with Crippen LogP contribution in [0.2, 0.25) is 0 Å². The molecule has 1 fully saturated rings. The number of nitrogens with two attached hydrogens (primary N) is 1. The molecular weight excluding hydrogens is 236 g/mol. The molecule has 0 bridgehead atoms. The quantitative estimate of drug-likeness (QED) is 0.792. The number of carbonyl (C=O) groups excluding carboxylic acids is 1. The van der Waals surface area contributed by atoms with Crippen molar-refractivity contribution >= 4 is 22.5 Å². The fourth-order valence-corrected chi connectivity index (χ4v) is 3.10. The summed E-state index contributed by atoms with van der Waals surface area (Å²) in [5, 5.41) is 3.67. The molecule has 0 unspecified atom stereocenters. The van der Waals surface area contributed by atoms with E-state index in [1.165, 1.54) is 17.8 Å². The van der Waals surface area contributed by atoms with Gasteiger partial charge in [-0.15, -0.1) is 11.3 Å². The van der Waals surface area contributed by atoms with Crippen molar-refractivity contribution in [2.75, 3.05) is 12.3 Å². The molecule has 0 atom stereocenters. The lowest BCUT2D eigenvalue weighted by atomic mass is 9.93. The topological polar surface area (TPSA) is 71.2 Å². The van der Waals surface area contributed by atoms with Crippen molar-refractivity contribution in [2.24, 2.45) is 0 Å². The molecule has 92 valence electrons. The fraction of sp³-hybridized carbons (Fsp3) is 0.636. The van der Waals surface area contributed by atoms with Gasteiger partial charge in [-0.05, 0) is 19.3 Å². The second-order valence-corrected chi connectivity index (χ2v) is 5.79. The molecule has 5 nitrogen and oxygen atoms in total. The Labute approximate surface area is 104 Å². The van der Waals surface area contributed by atoms with Crippen LogP contribution in [0.3, 0.4) is 0 Å². The van der Waals surface area contributed by atoms with Crippen LogP contribution in [0.5, 0.6) is 0 Å². The number of nitrogens with zero attached hydrogens (tertiary/aromatic N) is 2. The van der Waals surface area contributed by atoms with E-state index in [2.05, 4.69) is 10.3 Å². The molecular formula is C11H16N4OS. The third-order valence-corrected chi connectivity index (χ3v) is 4.38. The molecule has 0 saturated heterocycles. The van der Waals surface area contributed by atoms with Crippen molar-refractivity contribution in [1.29, 1.82) is 0 Å². The van der Waals surface area contributed by atoms with E-state index in [4.69, 9.17) is 5.73 Å². The zero-order chi connectivity index (χ0) is 11.8. The van der Waals surface area contributed by atoms with Crippen molar-refractivity contribution in [3.05, 3.63) is 10.6 Å². The molecule has 0 spiro atoms. The number of nitrogens with one attached hydrogen (secondary N) is 1. The Kier molecular flexibility index (Phi) is 2.66. The average Bonchev–Trinajstić information content (AvgIpc) is 2.62. The standard InChI is InChI=1S/C11H16N4OS/c12-10-14-8-4-5-15(6-9(8)17-10)11(16)13-7-2-1-3-7/h7H,1-6H2,(H2,12,14)(H,13,16). The number of hydrogen-bond donors (Lipinski definition) is 2. The monoisotopic (exact) mass is 252 g/mol. The van der Waals surface area contributed by atoms with Crippen LogP contribution in [-0.4, -0.2) is 28.5 Å². The van der Waals surface area contributed by atoms with Gasteiger partial charge in [0, 0.05) is 23.9 Å². The van der Waals surface area contributed by atoms with Crippen LogP contribution < -0.4 is 11.1 Å². The molecule has 1 aromatic heterocycles. The number of nitrogen functional groups attached to an aromatic ring is 1. The van der Waals surface area contributed by atoms with Gasteiger partial charge in [-0.2, -0.15) is 0 Å². The van der Waals surface area contributed by atoms with E-state index in [1.807, 2.05) is 4.90 Å². The molecule has 1 saturated carbocycles. The van der Waals surface area contributed by atoms with Crippen molar-refractivity contribution in [2.45, 2.75) is 38.3 Å². The third-order valence-electron chi connectivity index (χ3n) is 3.47. The van der Waals surface area contributed by atoms with Gasteiger partial charge in [0.2, 0.25) is 0 Å². The van der Waals surface area contributed by atoms with Crippen LogP contribution in [0.25, 0.3) is 0 Å². The fourth-order valence-electron chi connectivity index (χ4n) is 2.21. The number of urea groups is 1. The predicted molar refractivity (Wildman–Crippen MR) is 66.8 cm³/mol. The lowest BCUT2D eigenvalue weighted by molar-refractivity contribution is 0.181. The number of hydrogen-bond acceptors (Lipinski definition) is 4. The van der Waals surface area contributed by atoms with E-state index in [0.717, 1.165) is 36.4 Å². The first-order valence-corrected chi connectivity index (χ1v) is 6.83. The number of thiazole rings is 1. The van der Waals surface area contributed by atoms with E-state index in [1.54, 1.807) is 0 Å². The van der Waals surface area contributed by atoms with Crippen LogP contribution in [0.15, 0.2) is 0 Å². The van der Waals surface area contributed by atoms with E-state index in [9.17, 15) is 4.79 Å². The Hall–Kier alpha value is -1.30. The van der Waals surface area contributed by atoms with Crippen molar-refractivity contribution < 1.29 is 4.79 Å². The van der Waals surface area contributed by atoms with Crippen LogP contribution in [0, 0.1) is 0 Å². The van der Waals surface area contributed by atoms with Gasteiger partial charge in [0.15, 0.2) is 5.13 Å². The Balaban J connectivity index is 1.64. The summed E-state index contributed by atoms with van der Waals surface area (Å²) >= 11 is 1.49. The highest BCUT2D eigenvalue weighted by Crippen LogP contribution is 2.26. The minimum absolute atomic E-state index is 0.0623. The Morgan fingerprint density at radius 1 is 1.53 bits per heavy atom. The van der Waals surface area contributed by atoms with Crippen molar-refractivity contribution in [3.8, 4) is 0 Å². The number of rotatable bonds is 1.